The molecule has 11 fully saturated rings. The summed E-state index contributed by atoms with van der Waals surface area (Å²) in [6.45, 7) is 5.72. The molecule has 484 valence electrons. The number of hydrogen-bond donors (Lipinski definition) is 16. The van der Waals surface area contributed by atoms with E-state index in [1.54, 1.807) is 0 Å². The SMILES string of the molecule is C[C@@H]1CC[C@@]2(OC1)O[C@@H]1C[C@H]3[C@@H]4C[C@@H](O)[C@@H]5C[C@H](O[C@H]6O[C@@H](CO)[C@H](O[C@H]7O[C@@H](CO)[C@H](O)[C@@H](O[C@H]8OC[C@H](O)[C@@H](O)[C@@H]8O)[C@@H]7O[C@H]7O[C@@H](CO)[C@H](O)[C@@H](O[C@H]8O[C@@H](CO)[C@H](O)[C@@H](O)[C@@H]8O)[C@@H]7O)[C@@H](O)[C@@H]6O)CC[C@]5(C)[C@@H]4CC[C@]3(C)[C@@H]1[C@H]2C. The second kappa shape index (κ2) is 25.2. The molecule has 84 heavy (non-hydrogen) atoms. The number of aliphatic hydroxyl groups excluding tert-OH is 16. The van der Waals surface area contributed by atoms with E-state index in [9.17, 15) is 81.7 Å². The van der Waals surface area contributed by atoms with Crippen LogP contribution in [0.4, 0.5) is 0 Å². The fraction of sp³-hybridized carbons (Fsp3) is 1.00. The van der Waals surface area contributed by atoms with Crippen molar-refractivity contribution < 1.29 is 139 Å². The maximum absolute atomic E-state index is 12.2. The van der Waals surface area contributed by atoms with Crippen LogP contribution in [-0.2, 0) is 56.8 Å². The summed E-state index contributed by atoms with van der Waals surface area (Å²) in [6.07, 6.45) is -38.5. The molecular weight excluding hydrogens is 1120 g/mol. The summed E-state index contributed by atoms with van der Waals surface area (Å²) >= 11 is 0. The van der Waals surface area contributed by atoms with E-state index in [4.69, 9.17) is 56.8 Å². The van der Waals surface area contributed by atoms with E-state index in [1.165, 1.54) is 0 Å². The number of aliphatic hydroxyl groups is 16. The summed E-state index contributed by atoms with van der Waals surface area (Å²) in [5, 5.41) is 176. The Hall–Kier alpha value is -1.12. The minimum Gasteiger partial charge on any atom is -0.394 e. The van der Waals surface area contributed by atoms with Gasteiger partial charge in [0.25, 0.3) is 0 Å². The van der Waals surface area contributed by atoms with Gasteiger partial charge in [0, 0.05) is 12.3 Å². The molecule has 7 heterocycles. The van der Waals surface area contributed by atoms with Crippen LogP contribution in [0.25, 0.3) is 0 Å². The van der Waals surface area contributed by atoms with Gasteiger partial charge in [-0.05, 0) is 97.7 Å². The third-order valence-corrected chi connectivity index (χ3v) is 22.1. The minimum atomic E-state index is -2.20. The van der Waals surface area contributed by atoms with E-state index in [0.717, 1.165) is 32.1 Å². The molecule has 7 aliphatic heterocycles. The van der Waals surface area contributed by atoms with E-state index in [2.05, 4.69) is 27.7 Å². The molecule has 0 unspecified atom stereocenters. The van der Waals surface area contributed by atoms with Gasteiger partial charge in [-0.2, -0.15) is 0 Å². The lowest BCUT2D eigenvalue weighted by atomic mass is 9.43. The molecule has 28 heteroatoms. The first-order valence-electron chi connectivity index (χ1n) is 30.3. The zero-order chi connectivity index (χ0) is 60.2. The van der Waals surface area contributed by atoms with Crippen LogP contribution in [0.3, 0.4) is 0 Å². The van der Waals surface area contributed by atoms with Crippen LogP contribution in [0.2, 0.25) is 0 Å². The number of rotatable bonds is 14. The van der Waals surface area contributed by atoms with E-state index in [-0.39, 0.29) is 28.8 Å². The molecule has 7 saturated heterocycles. The van der Waals surface area contributed by atoms with Gasteiger partial charge in [0.2, 0.25) is 0 Å². The molecule has 0 aromatic rings. The number of fused-ring (bicyclic) bond motifs is 7. The quantitative estimate of drug-likeness (QED) is 0.0722. The van der Waals surface area contributed by atoms with E-state index in [0.29, 0.717) is 61.9 Å². The summed E-state index contributed by atoms with van der Waals surface area (Å²) < 4.78 is 73.2. The van der Waals surface area contributed by atoms with Crippen LogP contribution in [-0.4, -0.2) is 293 Å². The molecule has 1 spiro atoms. The molecule has 11 aliphatic rings. The van der Waals surface area contributed by atoms with E-state index in [1.807, 2.05) is 0 Å². The van der Waals surface area contributed by atoms with Crippen LogP contribution in [0.15, 0.2) is 0 Å². The van der Waals surface area contributed by atoms with Crippen molar-refractivity contribution in [3.8, 4) is 0 Å². The largest absolute Gasteiger partial charge is 0.394 e. The standard InChI is InChI=1S/C56H92O28/c1-20-5-10-56(74-18-20)21(2)34-29(84-56)13-25-23-12-27(61)26-11-22(6-8-54(26,3)24(23)7-9-55(25,34)4)75-50-43(71)40(68)45(33(17-60)79-50)80-53-48(47(38(66)32(16-59)78-53)82-49-41(69)35(63)28(62)19-73-49)83-52-44(72)46(37(65)31(15-58)77-52)81-51-42(70)39(67)36(64)30(14-57)76-51/h20-53,57-72H,5-19H2,1-4H3/t20-,21-,22-,23-,24-,25+,26+,27-,28+,29-,30+,31+,32+,33+,34-,35-,36+,37+,38+,39-,40+,41+,42+,43+,44+,45+,46-,47-,48+,49-,50+,51-,52-,53-,54-,55+,56-/m1/s1. The Balaban J connectivity index is 0.791. The molecule has 0 bridgehead atoms. The minimum absolute atomic E-state index is 0.0462. The molecule has 37 atom stereocenters. The summed E-state index contributed by atoms with van der Waals surface area (Å²) in [6, 6.07) is 0. The van der Waals surface area contributed by atoms with Crippen molar-refractivity contribution in [3.05, 3.63) is 0 Å². The fourth-order valence-electron chi connectivity index (χ4n) is 17.4. The molecule has 4 aliphatic carbocycles. The summed E-state index contributed by atoms with van der Waals surface area (Å²) in [5.74, 6) is 1.48. The Morgan fingerprint density at radius 3 is 1.65 bits per heavy atom. The van der Waals surface area contributed by atoms with Gasteiger partial charge in [0.1, 0.15) is 116 Å². The molecule has 28 nitrogen and oxygen atoms in total. The predicted molar refractivity (Wildman–Crippen MR) is 276 cm³/mol. The van der Waals surface area contributed by atoms with Crippen LogP contribution in [0.1, 0.15) is 85.5 Å². The van der Waals surface area contributed by atoms with Crippen molar-refractivity contribution in [1.29, 1.82) is 0 Å². The predicted octanol–water partition coefficient (Wildman–Crippen LogP) is -5.48. The fourth-order valence-corrected chi connectivity index (χ4v) is 17.4. The van der Waals surface area contributed by atoms with Gasteiger partial charge in [0.05, 0.1) is 58.0 Å². The average Bonchev–Trinajstić information content (AvgIpc) is 1.53. The molecule has 0 radical (unpaired) electrons. The van der Waals surface area contributed by atoms with Gasteiger partial charge in [-0.15, -0.1) is 0 Å². The number of hydrogen-bond acceptors (Lipinski definition) is 28. The molecule has 0 amide bonds. The highest BCUT2D eigenvalue weighted by molar-refractivity contribution is 5.17. The highest BCUT2D eigenvalue weighted by Gasteiger charge is 2.70. The molecular formula is C56H92O28. The normalized spacial score (nSPS) is 57.7. The smallest absolute Gasteiger partial charge is 0.187 e. The lowest BCUT2D eigenvalue weighted by Crippen LogP contribution is -2.69. The van der Waals surface area contributed by atoms with Gasteiger partial charge in [0.15, 0.2) is 37.2 Å². The zero-order valence-corrected chi connectivity index (χ0v) is 47.8. The first kappa shape index (κ1) is 64.4. The Bertz CT molecular complexity index is 2180. The van der Waals surface area contributed by atoms with Crippen molar-refractivity contribution in [1.82, 2.24) is 0 Å². The van der Waals surface area contributed by atoms with Crippen molar-refractivity contribution in [2.45, 2.75) is 257 Å². The summed E-state index contributed by atoms with van der Waals surface area (Å²) in [4.78, 5) is 0. The van der Waals surface area contributed by atoms with Crippen LogP contribution < -0.4 is 0 Å². The molecule has 0 aromatic heterocycles. The van der Waals surface area contributed by atoms with Gasteiger partial charge >= 0.3 is 0 Å². The molecule has 16 N–H and O–H groups in total. The van der Waals surface area contributed by atoms with Crippen LogP contribution in [0, 0.1) is 52.3 Å². The van der Waals surface area contributed by atoms with E-state index < -0.39 is 198 Å². The summed E-state index contributed by atoms with van der Waals surface area (Å²) in [5.41, 5.74) is -0.182. The zero-order valence-electron chi connectivity index (χ0n) is 47.8. The second-order valence-corrected chi connectivity index (χ2v) is 26.8. The lowest BCUT2D eigenvalue weighted by Gasteiger charge is -2.62. The van der Waals surface area contributed by atoms with Gasteiger partial charge < -0.3 is 139 Å². The third-order valence-electron chi connectivity index (χ3n) is 22.1. The van der Waals surface area contributed by atoms with Gasteiger partial charge in [-0.25, -0.2) is 0 Å². The molecule has 0 aromatic carbocycles. The molecule has 11 rings (SSSR count). The average molecular weight is 1210 g/mol. The third kappa shape index (κ3) is 11.2. The van der Waals surface area contributed by atoms with Crippen LogP contribution in [0.5, 0.6) is 0 Å². The first-order chi connectivity index (χ1) is 39.9. The molecule has 4 saturated carbocycles. The monoisotopic (exact) mass is 1210 g/mol. The maximum Gasteiger partial charge on any atom is 0.187 e. The highest BCUT2D eigenvalue weighted by atomic mass is 16.8. The topological polar surface area (TPSA) is 434 Å². The van der Waals surface area contributed by atoms with Gasteiger partial charge in [-0.3, -0.25) is 0 Å². The second-order valence-electron chi connectivity index (χ2n) is 26.8. The summed E-state index contributed by atoms with van der Waals surface area (Å²) in [7, 11) is 0. The Kier molecular flexibility index (Phi) is 19.3. The van der Waals surface area contributed by atoms with Crippen molar-refractivity contribution in [2.75, 3.05) is 39.6 Å². The van der Waals surface area contributed by atoms with Crippen molar-refractivity contribution in [3.63, 3.8) is 0 Å². The van der Waals surface area contributed by atoms with Gasteiger partial charge in [-0.1, -0.05) is 27.7 Å². The highest BCUT2D eigenvalue weighted by Crippen LogP contribution is 2.71. The first-order valence-corrected chi connectivity index (χ1v) is 30.3. The van der Waals surface area contributed by atoms with Crippen molar-refractivity contribution >= 4 is 0 Å². The Morgan fingerprint density at radius 1 is 0.429 bits per heavy atom. The van der Waals surface area contributed by atoms with E-state index >= 15 is 0 Å². The number of ether oxygens (including phenoxy) is 12. The van der Waals surface area contributed by atoms with Crippen LogP contribution >= 0.6 is 0 Å². The van der Waals surface area contributed by atoms with Crippen molar-refractivity contribution in [2.24, 2.45) is 52.3 Å². The Labute approximate surface area is 486 Å². The lowest BCUT2D eigenvalue weighted by molar-refractivity contribution is -0.409. The maximum atomic E-state index is 12.2. The Morgan fingerprint density at radius 2 is 0.988 bits per heavy atom.